The van der Waals surface area contributed by atoms with Crippen LogP contribution in [0.15, 0.2) is 72.1 Å². The molecule has 112 valence electrons. The van der Waals surface area contributed by atoms with E-state index in [9.17, 15) is 0 Å². The average molecular weight is 353 g/mol. The SMILES string of the molecule is C1=C[Si]C=C1.c1ccc2snnc2c1.c1ccc2snnc2c1. The second kappa shape index (κ2) is 8.42. The molecule has 2 aromatic carbocycles. The summed E-state index contributed by atoms with van der Waals surface area (Å²) in [6.45, 7) is 0. The summed E-state index contributed by atoms with van der Waals surface area (Å²) in [5, 5.41) is 7.77. The highest BCUT2D eigenvalue weighted by atomic mass is 32.1. The number of rotatable bonds is 0. The van der Waals surface area contributed by atoms with E-state index in [1.54, 1.807) is 0 Å². The van der Waals surface area contributed by atoms with Gasteiger partial charge in [0.1, 0.15) is 20.6 Å². The maximum Gasteiger partial charge on any atom is 0.105 e. The first-order valence-electron chi connectivity index (χ1n) is 6.85. The third-order valence-corrected chi connectivity index (χ3v) is 4.98. The van der Waals surface area contributed by atoms with Crippen molar-refractivity contribution in [3.05, 3.63) is 72.1 Å². The molecule has 0 amide bonds. The van der Waals surface area contributed by atoms with Gasteiger partial charge in [0.15, 0.2) is 0 Å². The van der Waals surface area contributed by atoms with Gasteiger partial charge < -0.3 is 0 Å². The first-order valence-corrected chi connectivity index (χ1v) is 9.55. The summed E-state index contributed by atoms with van der Waals surface area (Å²) in [6, 6.07) is 15.8. The van der Waals surface area contributed by atoms with Crippen molar-refractivity contribution >= 4 is 53.0 Å². The van der Waals surface area contributed by atoms with Gasteiger partial charge in [-0.15, -0.1) is 10.2 Å². The minimum Gasteiger partial charge on any atom is -0.138 e. The number of benzene rings is 2. The van der Waals surface area contributed by atoms with Gasteiger partial charge in [-0.3, -0.25) is 0 Å². The van der Waals surface area contributed by atoms with E-state index < -0.39 is 0 Å². The lowest BCUT2D eigenvalue weighted by Gasteiger charge is -1.78. The van der Waals surface area contributed by atoms with Crippen molar-refractivity contribution in [1.82, 2.24) is 19.2 Å². The fourth-order valence-electron chi connectivity index (χ4n) is 1.73. The summed E-state index contributed by atoms with van der Waals surface area (Å²) in [6.07, 6.45) is 4.14. The van der Waals surface area contributed by atoms with Crippen molar-refractivity contribution in [2.75, 3.05) is 0 Å². The average Bonchev–Trinajstić information content (AvgIpc) is 3.37. The summed E-state index contributed by atoms with van der Waals surface area (Å²) < 4.78 is 9.89. The van der Waals surface area contributed by atoms with Crippen LogP contribution in [0.5, 0.6) is 0 Å². The predicted octanol–water partition coefficient (Wildman–Crippen LogP) is 4.11. The van der Waals surface area contributed by atoms with Crippen LogP contribution >= 0.6 is 23.1 Å². The van der Waals surface area contributed by atoms with Gasteiger partial charge in [-0.1, -0.05) is 56.8 Å². The molecular formula is C16H12N4S2Si. The van der Waals surface area contributed by atoms with E-state index in [0.717, 1.165) is 30.0 Å². The fourth-order valence-corrected chi connectivity index (χ4v) is 3.40. The molecule has 5 rings (SSSR count). The lowest BCUT2D eigenvalue weighted by atomic mass is 10.3. The molecule has 4 nitrogen and oxygen atoms in total. The van der Waals surface area contributed by atoms with Crippen molar-refractivity contribution < 1.29 is 0 Å². The molecule has 4 aromatic rings. The summed E-state index contributed by atoms with van der Waals surface area (Å²) >= 11 is 2.85. The van der Waals surface area contributed by atoms with Gasteiger partial charge >= 0.3 is 0 Å². The molecule has 0 spiro atoms. The second-order valence-electron chi connectivity index (χ2n) is 4.37. The fraction of sp³-hybridized carbons (Fsp3) is 0. The number of aromatic nitrogens is 4. The minimum absolute atomic E-state index is 0.948. The van der Waals surface area contributed by atoms with Gasteiger partial charge in [-0.2, -0.15) is 0 Å². The number of fused-ring (bicyclic) bond motifs is 2. The van der Waals surface area contributed by atoms with E-state index in [4.69, 9.17) is 0 Å². The molecule has 1 aliphatic heterocycles. The highest BCUT2D eigenvalue weighted by molar-refractivity contribution is 7.13. The molecule has 0 N–H and O–H groups in total. The van der Waals surface area contributed by atoms with E-state index in [-0.39, 0.29) is 0 Å². The third-order valence-electron chi connectivity index (χ3n) is 2.80. The highest BCUT2D eigenvalue weighted by Gasteiger charge is 1.92. The molecule has 1 aliphatic rings. The first kappa shape index (κ1) is 15.7. The lowest BCUT2D eigenvalue weighted by molar-refractivity contribution is 1.20. The van der Waals surface area contributed by atoms with Crippen LogP contribution in [0.4, 0.5) is 0 Å². The third kappa shape index (κ3) is 4.62. The standard InChI is InChI=1S/2C6H4N2S.C4H4Si/c2*1-2-4-6-5(3-1)7-8-9-6;1-2-4-5-3-1/h2*1-4H;1-4H. The van der Waals surface area contributed by atoms with Gasteiger partial charge in [0.2, 0.25) is 0 Å². The van der Waals surface area contributed by atoms with Gasteiger partial charge in [0.05, 0.1) is 9.40 Å². The van der Waals surface area contributed by atoms with Crippen LogP contribution in [0.2, 0.25) is 0 Å². The number of hydrogen-bond acceptors (Lipinski definition) is 6. The van der Waals surface area contributed by atoms with E-state index in [1.807, 2.05) is 48.5 Å². The molecule has 23 heavy (non-hydrogen) atoms. The number of hydrogen-bond donors (Lipinski definition) is 0. The van der Waals surface area contributed by atoms with Gasteiger partial charge in [-0.25, -0.2) is 0 Å². The van der Waals surface area contributed by atoms with Gasteiger partial charge in [0, 0.05) is 0 Å². The van der Waals surface area contributed by atoms with Crippen LogP contribution in [-0.4, -0.2) is 28.7 Å². The Kier molecular flexibility index (Phi) is 5.73. The van der Waals surface area contributed by atoms with E-state index in [1.165, 1.54) is 23.1 Å². The Morgan fingerprint density at radius 1 is 0.652 bits per heavy atom. The normalized spacial score (nSPS) is 11.8. The molecular weight excluding hydrogens is 340 g/mol. The first-order chi connectivity index (χ1) is 11.4. The molecule has 2 aromatic heterocycles. The Labute approximate surface area is 144 Å². The molecule has 0 aliphatic carbocycles. The summed E-state index contributed by atoms with van der Waals surface area (Å²) in [5.74, 6) is 0. The Balaban J connectivity index is 0.000000107. The molecule has 0 atom stereocenters. The molecule has 0 fully saturated rings. The second-order valence-corrected chi connectivity index (χ2v) is 6.94. The zero-order valence-corrected chi connectivity index (χ0v) is 14.7. The van der Waals surface area contributed by atoms with Crippen LogP contribution in [0, 0.1) is 0 Å². The Hall–Kier alpha value is -2.22. The quantitative estimate of drug-likeness (QED) is 0.447. The Bertz CT molecular complexity index is 793. The smallest absolute Gasteiger partial charge is 0.105 e. The molecule has 0 saturated carbocycles. The lowest BCUT2D eigenvalue weighted by Crippen LogP contribution is -1.63. The zero-order chi connectivity index (χ0) is 15.7. The Morgan fingerprint density at radius 3 is 1.52 bits per heavy atom. The molecule has 3 heterocycles. The van der Waals surface area contributed by atoms with Crippen molar-refractivity contribution in [1.29, 1.82) is 0 Å². The van der Waals surface area contributed by atoms with Crippen molar-refractivity contribution in [2.45, 2.75) is 0 Å². The van der Waals surface area contributed by atoms with E-state index in [0.29, 0.717) is 0 Å². The van der Waals surface area contributed by atoms with Crippen molar-refractivity contribution in [2.24, 2.45) is 0 Å². The van der Waals surface area contributed by atoms with E-state index in [2.05, 4.69) is 42.7 Å². The van der Waals surface area contributed by atoms with E-state index >= 15 is 0 Å². The Morgan fingerprint density at radius 2 is 1.13 bits per heavy atom. The van der Waals surface area contributed by atoms with Crippen LogP contribution in [0.25, 0.3) is 20.4 Å². The van der Waals surface area contributed by atoms with Crippen LogP contribution in [0.3, 0.4) is 0 Å². The zero-order valence-electron chi connectivity index (χ0n) is 12.0. The maximum atomic E-state index is 3.89. The molecule has 2 radical (unpaired) electrons. The molecule has 0 saturated heterocycles. The van der Waals surface area contributed by atoms with Crippen LogP contribution in [-0.2, 0) is 0 Å². The minimum atomic E-state index is 0.948. The highest BCUT2D eigenvalue weighted by Crippen LogP contribution is 2.13. The maximum absolute atomic E-state index is 3.89. The molecule has 0 unspecified atom stereocenters. The van der Waals surface area contributed by atoms with Crippen LogP contribution in [0.1, 0.15) is 0 Å². The topological polar surface area (TPSA) is 51.6 Å². The van der Waals surface area contributed by atoms with Crippen molar-refractivity contribution in [3.63, 3.8) is 0 Å². The predicted molar refractivity (Wildman–Crippen MR) is 98.9 cm³/mol. The summed E-state index contributed by atoms with van der Waals surface area (Å²) in [4.78, 5) is 0. The van der Waals surface area contributed by atoms with Gasteiger partial charge in [0.25, 0.3) is 0 Å². The monoisotopic (exact) mass is 352 g/mol. The molecule has 0 bridgehead atoms. The number of nitrogens with zero attached hydrogens (tertiary/aromatic N) is 4. The largest absolute Gasteiger partial charge is 0.138 e. The van der Waals surface area contributed by atoms with Gasteiger partial charge in [-0.05, 0) is 47.3 Å². The van der Waals surface area contributed by atoms with Crippen molar-refractivity contribution in [3.8, 4) is 0 Å². The van der Waals surface area contributed by atoms with Crippen LogP contribution < -0.4 is 0 Å². The summed E-state index contributed by atoms with van der Waals surface area (Å²) in [7, 11) is 0.948. The number of allylic oxidation sites excluding steroid dienone is 2. The molecule has 7 heteroatoms. The summed E-state index contributed by atoms with van der Waals surface area (Å²) in [5.41, 5.74) is 6.28.